The molecular weight excluding hydrogens is 392 g/mol. The van der Waals surface area contributed by atoms with E-state index in [1.807, 2.05) is 43.3 Å². The van der Waals surface area contributed by atoms with E-state index in [0.717, 1.165) is 20.3 Å². The third-order valence-electron chi connectivity index (χ3n) is 3.29. The van der Waals surface area contributed by atoms with Crippen LogP contribution >= 0.6 is 27.3 Å². The van der Waals surface area contributed by atoms with E-state index in [-0.39, 0.29) is 12.5 Å². The van der Waals surface area contributed by atoms with Gasteiger partial charge in [0.05, 0.1) is 16.3 Å². The Morgan fingerprint density at radius 1 is 1.29 bits per heavy atom. The number of aryl methyl sites for hydroxylation is 1. The highest BCUT2D eigenvalue weighted by atomic mass is 79.9. The van der Waals surface area contributed by atoms with Gasteiger partial charge >= 0.3 is 0 Å². The van der Waals surface area contributed by atoms with Crippen molar-refractivity contribution in [2.24, 2.45) is 0 Å². The molecule has 1 aromatic heterocycles. The van der Waals surface area contributed by atoms with Crippen molar-refractivity contribution in [2.45, 2.75) is 6.92 Å². The minimum atomic E-state index is -0.263. The van der Waals surface area contributed by atoms with Gasteiger partial charge in [-0.2, -0.15) is 0 Å². The number of nitrogens with one attached hydrogen (secondary N) is 1. The summed E-state index contributed by atoms with van der Waals surface area (Å²) in [6, 6.07) is 11.4. The highest BCUT2D eigenvalue weighted by molar-refractivity contribution is 9.10. The van der Waals surface area contributed by atoms with Crippen LogP contribution < -0.4 is 14.8 Å². The van der Waals surface area contributed by atoms with Gasteiger partial charge in [0.25, 0.3) is 5.91 Å². The van der Waals surface area contributed by atoms with Gasteiger partial charge in [-0.15, -0.1) is 0 Å². The van der Waals surface area contributed by atoms with E-state index in [1.165, 1.54) is 11.3 Å². The zero-order chi connectivity index (χ0) is 17.1. The molecule has 3 aromatic rings. The van der Waals surface area contributed by atoms with Crippen LogP contribution in [0.15, 0.2) is 40.9 Å². The molecule has 24 heavy (non-hydrogen) atoms. The van der Waals surface area contributed by atoms with E-state index in [2.05, 4.69) is 26.2 Å². The van der Waals surface area contributed by atoms with Gasteiger partial charge in [0, 0.05) is 0 Å². The van der Waals surface area contributed by atoms with Crippen LogP contribution in [0.3, 0.4) is 0 Å². The lowest BCUT2D eigenvalue weighted by molar-refractivity contribution is -0.118. The molecule has 0 aliphatic carbocycles. The third-order valence-corrected chi connectivity index (χ3v) is 4.85. The number of aromatic nitrogens is 1. The molecule has 0 atom stereocenters. The van der Waals surface area contributed by atoms with Crippen LogP contribution in [0.2, 0.25) is 0 Å². The summed E-state index contributed by atoms with van der Waals surface area (Å²) in [5.41, 5.74) is 1.85. The summed E-state index contributed by atoms with van der Waals surface area (Å²) in [6.07, 6.45) is 0. The molecule has 0 spiro atoms. The SMILES string of the molecule is COc1cccc2sc(NC(=O)COc3ccc(C)cc3Br)nc12. The fraction of sp³-hybridized carbons (Fsp3) is 0.176. The summed E-state index contributed by atoms with van der Waals surface area (Å²) in [7, 11) is 1.60. The molecular formula is C17H15BrN2O3S. The van der Waals surface area contributed by atoms with Crippen molar-refractivity contribution in [2.75, 3.05) is 19.0 Å². The van der Waals surface area contributed by atoms with Crippen LogP contribution in [0, 0.1) is 6.92 Å². The van der Waals surface area contributed by atoms with E-state index in [9.17, 15) is 4.79 Å². The van der Waals surface area contributed by atoms with Gasteiger partial charge in [0.2, 0.25) is 0 Å². The molecule has 0 aliphatic heterocycles. The molecule has 7 heteroatoms. The van der Waals surface area contributed by atoms with Gasteiger partial charge in [-0.3, -0.25) is 10.1 Å². The molecule has 1 amide bonds. The van der Waals surface area contributed by atoms with E-state index in [4.69, 9.17) is 9.47 Å². The average molecular weight is 407 g/mol. The van der Waals surface area contributed by atoms with Crippen molar-refractivity contribution < 1.29 is 14.3 Å². The van der Waals surface area contributed by atoms with Crippen molar-refractivity contribution in [1.29, 1.82) is 0 Å². The molecule has 0 aliphatic rings. The number of thiazole rings is 1. The number of benzene rings is 2. The number of hydrogen-bond donors (Lipinski definition) is 1. The topological polar surface area (TPSA) is 60.5 Å². The maximum Gasteiger partial charge on any atom is 0.264 e. The Kier molecular flexibility index (Phi) is 5.01. The first kappa shape index (κ1) is 16.7. The second-order valence-corrected chi connectivity index (χ2v) is 6.98. The van der Waals surface area contributed by atoms with Gasteiger partial charge in [-0.25, -0.2) is 4.98 Å². The number of carbonyl (C=O) groups is 1. The standard InChI is InChI=1S/C17H15BrN2O3S/c1-10-6-7-12(11(18)8-10)23-9-15(21)19-17-20-16-13(22-2)4-3-5-14(16)24-17/h3-8H,9H2,1-2H3,(H,19,20,21). The van der Waals surface area contributed by atoms with Crippen molar-refractivity contribution in [1.82, 2.24) is 4.98 Å². The number of ether oxygens (including phenoxy) is 2. The number of halogens is 1. The number of amides is 1. The van der Waals surface area contributed by atoms with Crippen LogP contribution in [0.4, 0.5) is 5.13 Å². The molecule has 124 valence electrons. The maximum absolute atomic E-state index is 12.1. The number of para-hydroxylation sites is 1. The summed E-state index contributed by atoms with van der Waals surface area (Å²) in [5, 5.41) is 3.28. The zero-order valence-corrected chi connectivity index (χ0v) is 15.5. The molecule has 0 fully saturated rings. The van der Waals surface area contributed by atoms with Crippen molar-refractivity contribution in [3.8, 4) is 11.5 Å². The normalized spacial score (nSPS) is 10.6. The van der Waals surface area contributed by atoms with Crippen LogP contribution in [-0.4, -0.2) is 24.6 Å². The van der Waals surface area contributed by atoms with Crippen LogP contribution in [0.25, 0.3) is 10.2 Å². The van der Waals surface area contributed by atoms with Crippen molar-refractivity contribution in [3.63, 3.8) is 0 Å². The van der Waals surface area contributed by atoms with Gasteiger partial charge < -0.3 is 9.47 Å². The van der Waals surface area contributed by atoms with E-state index < -0.39 is 0 Å². The third kappa shape index (κ3) is 3.68. The monoisotopic (exact) mass is 406 g/mol. The van der Waals surface area contributed by atoms with Crippen molar-refractivity contribution >= 4 is 48.5 Å². The summed E-state index contributed by atoms with van der Waals surface area (Å²) >= 11 is 4.82. The summed E-state index contributed by atoms with van der Waals surface area (Å²) in [5.74, 6) is 1.05. The highest BCUT2D eigenvalue weighted by Crippen LogP contribution is 2.32. The molecule has 1 heterocycles. The van der Waals surface area contributed by atoms with Crippen LogP contribution in [0.5, 0.6) is 11.5 Å². The van der Waals surface area contributed by atoms with Gasteiger partial charge in [-0.1, -0.05) is 23.5 Å². The second-order valence-electron chi connectivity index (χ2n) is 5.10. The number of rotatable bonds is 5. The Labute approximate surface area is 151 Å². The highest BCUT2D eigenvalue weighted by Gasteiger charge is 2.12. The molecule has 5 nitrogen and oxygen atoms in total. The van der Waals surface area contributed by atoms with Gasteiger partial charge in [0.1, 0.15) is 17.0 Å². The fourth-order valence-corrected chi connectivity index (χ4v) is 3.67. The first-order chi connectivity index (χ1) is 11.6. The lowest BCUT2D eigenvalue weighted by Crippen LogP contribution is -2.20. The van der Waals surface area contributed by atoms with Crippen LogP contribution in [-0.2, 0) is 4.79 Å². The Hall–Kier alpha value is -2.12. The Bertz CT molecular complexity index is 895. The smallest absolute Gasteiger partial charge is 0.264 e. The molecule has 3 rings (SSSR count). The lowest BCUT2D eigenvalue weighted by atomic mass is 10.2. The van der Waals surface area contributed by atoms with Gasteiger partial charge in [0.15, 0.2) is 11.7 Å². The van der Waals surface area contributed by atoms with E-state index in [0.29, 0.717) is 16.6 Å². The molecule has 1 N–H and O–H groups in total. The Morgan fingerprint density at radius 3 is 2.88 bits per heavy atom. The first-order valence-corrected chi connectivity index (χ1v) is 8.80. The number of fused-ring (bicyclic) bond motifs is 1. The summed E-state index contributed by atoms with van der Waals surface area (Å²) in [6.45, 7) is 1.90. The number of anilines is 1. The van der Waals surface area contributed by atoms with Crippen LogP contribution in [0.1, 0.15) is 5.56 Å². The van der Waals surface area contributed by atoms with E-state index in [1.54, 1.807) is 7.11 Å². The van der Waals surface area contributed by atoms with Gasteiger partial charge in [-0.05, 0) is 52.7 Å². The maximum atomic E-state index is 12.1. The lowest BCUT2D eigenvalue weighted by Gasteiger charge is -2.08. The predicted molar refractivity (Wildman–Crippen MR) is 99.2 cm³/mol. The predicted octanol–water partition coefficient (Wildman–Crippen LogP) is 4.39. The van der Waals surface area contributed by atoms with E-state index >= 15 is 0 Å². The number of hydrogen-bond acceptors (Lipinski definition) is 5. The average Bonchev–Trinajstić information content (AvgIpc) is 2.96. The molecule has 0 bridgehead atoms. The second kappa shape index (κ2) is 7.19. The van der Waals surface area contributed by atoms with Crippen molar-refractivity contribution in [3.05, 3.63) is 46.4 Å². The largest absolute Gasteiger partial charge is 0.494 e. The number of nitrogens with zero attached hydrogens (tertiary/aromatic N) is 1. The summed E-state index contributed by atoms with van der Waals surface area (Å²) in [4.78, 5) is 16.5. The quantitative estimate of drug-likeness (QED) is 0.682. The molecule has 0 unspecified atom stereocenters. The molecule has 0 saturated carbocycles. The Morgan fingerprint density at radius 2 is 2.12 bits per heavy atom. The molecule has 0 radical (unpaired) electrons. The zero-order valence-electron chi connectivity index (χ0n) is 13.1. The summed E-state index contributed by atoms with van der Waals surface area (Å²) < 4.78 is 12.6. The minimum Gasteiger partial charge on any atom is -0.494 e. The number of carbonyl (C=O) groups excluding carboxylic acids is 1. The Balaban J connectivity index is 1.66. The molecule has 0 saturated heterocycles. The first-order valence-electron chi connectivity index (χ1n) is 7.19. The minimum absolute atomic E-state index is 0.0886. The fourth-order valence-electron chi connectivity index (χ4n) is 2.16. The number of methoxy groups -OCH3 is 1. The molecule has 2 aromatic carbocycles.